The highest BCUT2D eigenvalue weighted by Crippen LogP contribution is 2.32. The quantitative estimate of drug-likeness (QED) is 0.484. The number of carbonyl (C=O) groups excluding carboxylic acids is 1. The third kappa shape index (κ3) is 6.73. The van der Waals surface area contributed by atoms with Crippen molar-refractivity contribution in [2.24, 2.45) is 5.92 Å². The predicted octanol–water partition coefficient (Wildman–Crippen LogP) is 4.19. The molecular formula is C27H36N2O5. The first-order valence-corrected chi connectivity index (χ1v) is 12.1. The van der Waals surface area contributed by atoms with Gasteiger partial charge in [-0.2, -0.15) is 0 Å². The highest BCUT2D eigenvalue weighted by atomic mass is 16.5. The molecule has 1 saturated heterocycles. The molecule has 0 radical (unpaired) electrons. The van der Waals surface area contributed by atoms with E-state index in [1.165, 1.54) is 6.07 Å². The Kier molecular flexibility index (Phi) is 8.93. The van der Waals surface area contributed by atoms with Crippen LogP contribution in [0.25, 0.3) is 0 Å². The lowest BCUT2D eigenvalue weighted by atomic mass is 9.94. The second-order valence-electron chi connectivity index (χ2n) is 9.30. The Morgan fingerprint density at radius 3 is 2.65 bits per heavy atom. The number of carboxylic acids is 1. The highest BCUT2D eigenvalue weighted by Gasteiger charge is 2.25. The van der Waals surface area contributed by atoms with Gasteiger partial charge in [0, 0.05) is 18.8 Å². The number of hydrogen-bond acceptors (Lipinski definition) is 5. The molecule has 0 aliphatic carbocycles. The summed E-state index contributed by atoms with van der Waals surface area (Å²) >= 11 is 0. The maximum absolute atomic E-state index is 13.1. The molecule has 2 aromatic rings. The van der Waals surface area contributed by atoms with Crippen LogP contribution in [0, 0.1) is 5.92 Å². The fourth-order valence-electron chi connectivity index (χ4n) is 4.54. The van der Waals surface area contributed by atoms with Crippen LogP contribution in [0.4, 0.5) is 5.69 Å². The van der Waals surface area contributed by atoms with Crippen LogP contribution in [0.15, 0.2) is 42.5 Å². The zero-order chi connectivity index (χ0) is 24.7. The van der Waals surface area contributed by atoms with E-state index in [4.69, 9.17) is 4.74 Å². The number of aliphatic hydroxyl groups excluding tert-OH is 1. The van der Waals surface area contributed by atoms with E-state index in [0.717, 1.165) is 37.1 Å². The molecule has 1 aliphatic rings. The number of para-hydroxylation sites is 1. The van der Waals surface area contributed by atoms with Gasteiger partial charge in [0.25, 0.3) is 0 Å². The number of aromatic carboxylic acids is 1. The summed E-state index contributed by atoms with van der Waals surface area (Å²) in [6.07, 6.45) is 2.31. The molecule has 0 spiro atoms. The van der Waals surface area contributed by atoms with Crippen LogP contribution < -0.4 is 15.0 Å². The van der Waals surface area contributed by atoms with Gasteiger partial charge >= 0.3 is 5.97 Å². The molecule has 7 nitrogen and oxygen atoms in total. The molecule has 0 bridgehead atoms. The van der Waals surface area contributed by atoms with Crippen molar-refractivity contribution in [2.45, 2.75) is 58.6 Å². The van der Waals surface area contributed by atoms with E-state index in [1.807, 2.05) is 12.1 Å². The van der Waals surface area contributed by atoms with E-state index < -0.39 is 5.97 Å². The van der Waals surface area contributed by atoms with Crippen molar-refractivity contribution in [3.8, 4) is 5.75 Å². The predicted molar refractivity (Wildman–Crippen MR) is 133 cm³/mol. The van der Waals surface area contributed by atoms with Crippen LogP contribution in [0.1, 0.15) is 67.6 Å². The maximum Gasteiger partial charge on any atom is 0.339 e. The molecule has 3 rings (SSSR count). The molecule has 2 atom stereocenters. The van der Waals surface area contributed by atoms with Crippen molar-refractivity contribution in [3.05, 3.63) is 59.2 Å². The van der Waals surface area contributed by atoms with Crippen LogP contribution in [-0.2, 0) is 11.2 Å². The maximum atomic E-state index is 13.1. The molecule has 1 heterocycles. The van der Waals surface area contributed by atoms with Crippen LogP contribution in [0.3, 0.4) is 0 Å². The average Bonchev–Trinajstić information content (AvgIpc) is 2.78. The minimum absolute atomic E-state index is 0.0846. The fraction of sp³-hybridized carbons (Fsp3) is 0.481. The van der Waals surface area contributed by atoms with Gasteiger partial charge in [-0.3, -0.25) is 4.79 Å². The topological polar surface area (TPSA) is 99.1 Å². The molecule has 7 heteroatoms. The normalized spacial score (nSPS) is 16.9. The number of β-amino-alcohol motifs (C(OH)–C–C–N with tert-alkyl or cyclic N) is 1. The first-order chi connectivity index (χ1) is 16.3. The van der Waals surface area contributed by atoms with Gasteiger partial charge in [-0.25, -0.2) is 4.79 Å². The smallest absolute Gasteiger partial charge is 0.339 e. The van der Waals surface area contributed by atoms with Gasteiger partial charge in [0.15, 0.2) is 0 Å². The molecule has 1 fully saturated rings. The summed E-state index contributed by atoms with van der Waals surface area (Å²) in [6, 6.07) is 12.7. The van der Waals surface area contributed by atoms with Crippen LogP contribution >= 0.6 is 0 Å². The second kappa shape index (κ2) is 11.9. The Morgan fingerprint density at radius 1 is 1.21 bits per heavy atom. The average molecular weight is 469 g/mol. The summed E-state index contributed by atoms with van der Waals surface area (Å²) in [7, 11) is 0. The van der Waals surface area contributed by atoms with Crippen molar-refractivity contribution in [3.63, 3.8) is 0 Å². The molecule has 1 aliphatic heterocycles. The Balaban J connectivity index is 1.81. The minimum Gasteiger partial charge on any atom is -0.493 e. The van der Waals surface area contributed by atoms with Gasteiger partial charge in [-0.05, 0) is 61.4 Å². The van der Waals surface area contributed by atoms with Crippen LogP contribution in [0.5, 0.6) is 5.75 Å². The molecule has 0 saturated carbocycles. The highest BCUT2D eigenvalue weighted by molar-refractivity contribution is 5.91. The van der Waals surface area contributed by atoms with E-state index in [1.54, 1.807) is 19.1 Å². The Hall–Kier alpha value is -3.06. The Morgan fingerprint density at radius 2 is 1.97 bits per heavy atom. The number of nitrogens with zero attached hydrogens (tertiary/aromatic N) is 1. The fourth-order valence-corrected chi connectivity index (χ4v) is 4.54. The molecular weight excluding hydrogens is 432 g/mol. The summed E-state index contributed by atoms with van der Waals surface area (Å²) in [5.74, 6) is -0.557. The second-order valence-corrected chi connectivity index (χ2v) is 9.30. The van der Waals surface area contributed by atoms with Crippen molar-refractivity contribution in [2.75, 3.05) is 24.6 Å². The third-order valence-corrected chi connectivity index (χ3v) is 6.03. The summed E-state index contributed by atoms with van der Waals surface area (Å²) < 4.78 is 5.48. The van der Waals surface area contributed by atoms with Gasteiger partial charge in [0.2, 0.25) is 5.91 Å². The van der Waals surface area contributed by atoms with Gasteiger partial charge in [-0.1, -0.05) is 38.1 Å². The first kappa shape index (κ1) is 25.6. The number of piperidine rings is 1. The summed E-state index contributed by atoms with van der Waals surface area (Å²) in [4.78, 5) is 26.7. The zero-order valence-electron chi connectivity index (χ0n) is 20.3. The van der Waals surface area contributed by atoms with Gasteiger partial charge in [-0.15, -0.1) is 0 Å². The summed E-state index contributed by atoms with van der Waals surface area (Å²) in [5.41, 5.74) is 2.88. The van der Waals surface area contributed by atoms with Gasteiger partial charge in [0.05, 0.1) is 25.2 Å². The number of anilines is 1. The van der Waals surface area contributed by atoms with Crippen LogP contribution in [-0.4, -0.2) is 47.9 Å². The number of amides is 1. The monoisotopic (exact) mass is 468 g/mol. The van der Waals surface area contributed by atoms with Gasteiger partial charge < -0.3 is 25.2 Å². The summed E-state index contributed by atoms with van der Waals surface area (Å²) in [5, 5.41) is 22.8. The van der Waals surface area contributed by atoms with Crippen molar-refractivity contribution >= 4 is 17.6 Å². The largest absolute Gasteiger partial charge is 0.493 e. The number of carboxylic acid groups (broad SMARTS) is 1. The lowest BCUT2D eigenvalue weighted by molar-refractivity contribution is -0.121. The molecule has 3 N–H and O–H groups in total. The number of ether oxygens (including phenoxy) is 1. The Labute approximate surface area is 201 Å². The molecule has 0 aromatic heterocycles. The van der Waals surface area contributed by atoms with Crippen molar-refractivity contribution in [1.82, 2.24) is 5.32 Å². The first-order valence-electron chi connectivity index (χ1n) is 12.1. The van der Waals surface area contributed by atoms with E-state index in [2.05, 4.69) is 36.2 Å². The standard InChI is InChI=1S/C27H36N2O5/c1-4-34-25-15-19(11-12-22(25)27(32)33)16-26(31)28-23(14-18(2)3)21-9-5-6-10-24(21)29-13-7-8-20(30)17-29/h5-6,9-12,15,18,20,23,30H,4,7-8,13-14,16-17H2,1-3H3,(H,28,31)(H,32,33)/t20-,23+/m0/s1. The van der Waals surface area contributed by atoms with Crippen molar-refractivity contribution < 1.29 is 24.5 Å². The number of aliphatic hydroxyl groups is 1. The van der Waals surface area contributed by atoms with Gasteiger partial charge in [0.1, 0.15) is 11.3 Å². The third-order valence-electron chi connectivity index (χ3n) is 6.03. The van der Waals surface area contributed by atoms with E-state index >= 15 is 0 Å². The SMILES string of the molecule is CCOc1cc(CC(=O)N[C@H](CC(C)C)c2ccccc2N2CCC[C@H](O)C2)ccc1C(=O)O. The number of benzene rings is 2. The number of carbonyl (C=O) groups is 2. The Bertz CT molecular complexity index is 991. The lowest BCUT2D eigenvalue weighted by Crippen LogP contribution is -2.39. The molecule has 1 amide bonds. The lowest BCUT2D eigenvalue weighted by Gasteiger charge is -2.35. The zero-order valence-corrected chi connectivity index (χ0v) is 20.3. The minimum atomic E-state index is -1.06. The van der Waals surface area contributed by atoms with E-state index in [-0.39, 0.29) is 35.8 Å². The van der Waals surface area contributed by atoms with E-state index in [0.29, 0.717) is 24.6 Å². The number of rotatable bonds is 10. The molecule has 0 unspecified atom stereocenters. The molecule has 2 aromatic carbocycles. The van der Waals surface area contributed by atoms with Crippen LogP contribution in [0.2, 0.25) is 0 Å². The molecule has 34 heavy (non-hydrogen) atoms. The number of hydrogen-bond donors (Lipinski definition) is 3. The molecule has 184 valence electrons. The summed E-state index contributed by atoms with van der Waals surface area (Å²) in [6.45, 7) is 7.87. The van der Waals surface area contributed by atoms with E-state index in [9.17, 15) is 19.8 Å². The number of nitrogens with one attached hydrogen (secondary N) is 1. The van der Waals surface area contributed by atoms with Crippen molar-refractivity contribution in [1.29, 1.82) is 0 Å².